The van der Waals surface area contributed by atoms with Crippen LogP contribution in [0.5, 0.6) is 0 Å². The maximum atomic E-state index is 13.0. The Bertz CT molecular complexity index is 1180. The molecule has 2 fully saturated rings. The number of likely N-dealkylation sites (tertiary alicyclic amines) is 1. The van der Waals surface area contributed by atoms with Gasteiger partial charge in [-0.3, -0.25) is 9.59 Å². The smallest absolute Gasteiger partial charge is 0.225 e. The van der Waals surface area contributed by atoms with Gasteiger partial charge in [-0.2, -0.15) is 0 Å². The number of Topliss-reactive ketones (excluding diaryl/α,β-unsaturated/α-hetero) is 1. The Kier molecular flexibility index (Phi) is 7.83. The second-order valence-corrected chi connectivity index (χ2v) is 11.0. The van der Waals surface area contributed by atoms with E-state index in [-0.39, 0.29) is 11.7 Å². The molecule has 2 saturated heterocycles. The molecule has 0 bridgehead atoms. The SMILES string of the molecule is Nc1ccc(-c2cccs2)cc1CC(=O)c1ccc(CC2CCN(C(=O)C3CCOCC3)CC2)cc1. The van der Waals surface area contributed by atoms with Gasteiger partial charge >= 0.3 is 0 Å². The molecule has 2 N–H and O–H groups in total. The Morgan fingerprint density at radius 1 is 0.972 bits per heavy atom. The van der Waals surface area contributed by atoms with Crippen LogP contribution in [0, 0.1) is 11.8 Å². The van der Waals surface area contributed by atoms with Crippen molar-refractivity contribution in [3.05, 3.63) is 76.7 Å². The number of rotatable bonds is 7. The topological polar surface area (TPSA) is 72.6 Å². The number of nitrogen functional groups attached to an aromatic ring is 1. The first-order valence-electron chi connectivity index (χ1n) is 13.0. The van der Waals surface area contributed by atoms with E-state index in [1.807, 2.05) is 41.8 Å². The first-order valence-corrected chi connectivity index (χ1v) is 13.9. The summed E-state index contributed by atoms with van der Waals surface area (Å²) >= 11 is 1.68. The summed E-state index contributed by atoms with van der Waals surface area (Å²) in [5.74, 6) is 1.12. The molecule has 0 unspecified atom stereocenters. The Morgan fingerprint density at radius 3 is 2.42 bits per heavy atom. The van der Waals surface area contributed by atoms with Gasteiger partial charge in [-0.15, -0.1) is 11.3 Å². The molecule has 2 aliphatic rings. The highest BCUT2D eigenvalue weighted by Gasteiger charge is 2.29. The summed E-state index contributed by atoms with van der Waals surface area (Å²) in [6.45, 7) is 3.12. The van der Waals surface area contributed by atoms with Crippen LogP contribution < -0.4 is 5.73 Å². The quantitative estimate of drug-likeness (QED) is 0.336. The van der Waals surface area contributed by atoms with Crippen LogP contribution in [0.25, 0.3) is 10.4 Å². The fraction of sp³-hybridized carbons (Fsp3) is 0.400. The van der Waals surface area contributed by atoms with Gasteiger partial charge < -0.3 is 15.4 Å². The van der Waals surface area contributed by atoms with Crippen LogP contribution in [0.15, 0.2) is 60.0 Å². The number of anilines is 1. The molecule has 2 aliphatic heterocycles. The van der Waals surface area contributed by atoms with E-state index in [1.165, 1.54) is 10.4 Å². The molecular formula is C30H34N2O3S. The Labute approximate surface area is 217 Å². The van der Waals surface area contributed by atoms with Gasteiger partial charge in [-0.05, 0) is 78.3 Å². The van der Waals surface area contributed by atoms with Crippen LogP contribution in [0.4, 0.5) is 5.69 Å². The van der Waals surface area contributed by atoms with Crippen molar-refractivity contribution >= 4 is 28.7 Å². The van der Waals surface area contributed by atoms with Crippen molar-refractivity contribution in [1.82, 2.24) is 4.90 Å². The van der Waals surface area contributed by atoms with Crippen molar-refractivity contribution in [2.75, 3.05) is 32.0 Å². The number of ketones is 1. The minimum atomic E-state index is 0.0801. The van der Waals surface area contributed by atoms with Crippen molar-refractivity contribution in [1.29, 1.82) is 0 Å². The average molecular weight is 503 g/mol. The van der Waals surface area contributed by atoms with Gasteiger partial charge in [0, 0.05) is 54.8 Å². The largest absolute Gasteiger partial charge is 0.398 e. The lowest BCUT2D eigenvalue weighted by Gasteiger charge is -2.35. The van der Waals surface area contributed by atoms with Gasteiger partial charge in [0.25, 0.3) is 0 Å². The van der Waals surface area contributed by atoms with E-state index in [0.29, 0.717) is 37.1 Å². The van der Waals surface area contributed by atoms with E-state index in [0.717, 1.165) is 61.9 Å². The van der Waals surface area contributed by atoms with Gasteiger partial charge in [0.2, 0.25) is 5.91 Å². The third-order valence-electron chi connectivity index (χ3n) is 7.60. The molecule has 3 aromatic rings. The third-order valence-corrected chi connectivity index (χ3v) is 8.52. The number of carbonyl (C=O) groups excluding carboxylic acids is 2. The summed E-state index contributed by atoms with van der Waals surface area (Å²) in [5, 5.41) is 2.05. The van der Waals surface area contributed by atoms with E-state index in [1.54, 1.807) is 11.3 Å². The molecule has 1 aromatic heterocycles. The fourth-order valence-electron chi connectivity index (χ4n) is 5.35. The molecule has 0 atom stereocenters. The summed E-state index contributed by atoms with van der Waals surface area (Å²) in [4.78, 5) is 29.0. The lowest BCUT2D eigenvalue weighted by Crippen LogP contribution is -2.43. The third kappa shape index (κ3) is 5.88. The first-order chi connectivity index (χ1) is 17.6. The molecule has 0 aliphatic carbocycles. The number of benzene rings is 2. The van der Waals surface area contributed by atoms with Gasteiger partial charge in [-0.25, -0.2) is 0 Å². The Morgan fingerprint density at radius 2 is 1.72 bits per heavy atom. The lowest BCUT2D eigenvalue weighted by molar-refractivity contribution is -0.139. The van der Waals surface area contributed by atoms with Crippen molar-refractivity contribution in [2.45, 2.75) is 38.5 Å². The molecule has 0 radical (unpaired) electrons. The highest BCUT2D eigenvalue weighted by atomic mass is 32.1. The maximum absolute atomic E-state index is 13.0. The number of ether oxygens (including phenoxy) is 1. The number of thiophene rings is 1. The summed E-state index contributed by atoms with van der Waals surface area (Å²) in [5.41, 5.74) is 10.8. The average Bonchev–Trinajstić information content (AvgIpc) is 3.46. The Balaban J connectivity index is 1.14. The standard InChI is InChI=1S/C30H34N2O3S/c31-27-8-7-25(29-2-1-17-36-29)19-26(27)20-28(33)23-5-3-21(4-6-23)18-22-9-13-32(14-10-22)30(34)24-11-15-35-16-12-24/h1-8,17,19,22,24H,9-16,18,20,31H2. The zero-order chi connectivity index (χ0) is 24.9. The van der Waals surface area contributed by atoms with Crippen LogP contribution in [-0.2, 0) is 22.4 Å². The van der Waals surface area contributed by atoms with Crippen LogP contribution in [0.3, 0.4) is 0 Å². The fourth-order valence-corrected chi connectivity index (χ4v) is 6.07. The molecule has 0 saturated carbocycles. The van der Waals surface area contributed by atoms with Crippen molar-refractivity contribution in [3.8, 4) is 10.4 Å². The highest BCUT2D eigenvalue weighted by molar-refractivity contribution is 7.13. The number of piperidine rings is 1. The molecule has 0 spiro atoms. The minimum Gasteiger partial charge on any atom is -0.398 e. The van der Waals surface area contributed by atoms with Gasteiger partial charge in [0.05, 0.1) is 0 Å². The number of nitrogens with two attached hydrogens (primary N) is 1. The van der Waals surface area contributed by atoms with E-state index in [2.05, 4.69) is 23.1 Å². The van der Waals surface area contributed by atoms with E-state index >= 15 is 0 Å². The summed E-state index contributed by atoms with van der Waals surface area (Å²) in [7, 11) is 0. The van der Waals surface area contributed by atoms with E-state index in [9.17, 15) is 9.59 Å². The molecule has 5 nitrogen and oxygen atoms in total. The minimum absolute atomic E-state index is 0.0801. The molecule has 2 aromatic carbocycles. The van der Waals surface area contributed by atoms with E-state index in [4.69, 9.17) is 10.5 Å². The monoisotopic (exact) mass is 502 g/mol. The summed E-state index contributed by atoms with van der Waals surface area (Å²) in [6, 6.07) is 18.1. The van der Waals surface area contributed by atoms with E-state index < -0.39 is 0 Å². The number of nitrogens with zero attached hydrogens (tertiary/aromatic N) is 1. The van der Waals surface area contributed by atoms with Gasteiger partial charge in [-0.1, -0.05) is 36.4 Å². The zero-order valence-electron chi connectivity index (χ0n) is 20.7. The second-order valence-electron chi connectivity index (χ2n) is 10.0. The normalized spacial score (nSPS) is 17.3. The molecule has 3 heterocycles. The van der Waals surface area contributed by atoms with Gasteiger partial charge in [0.15, 0.2) is 5.78 Å². The lowest BCUT2D eigenvalue weighted by atomic mass is 9.88. The van der Waals surface area contributed by atoms with Crippen LogP contribution in [0.2, 0.25) is 0 Å². The number of hydrogen-bond donors (Lipinski definition) is 1. The first kappa shape index (κ1) is 24.7. The summed E-state index contributed by atoms with van der Waals surface area (Å²) in [6.07, 6.45) is 5.07. The number of hydrogen-bond acceptors (Lipinski definition) is 5. The predicted octanol–water partition coefficient (Wildman–Crippen LogP) is 5.63. The zero-order valence-corrected chi connectivity index (χ0v) is 21.5. The molecule has 36 heavy (non-hydrogen) atoms. The van der Waals surface area contributed by atoms with Gasteiger partial charge in [0.1, 0.15) is 0 Å². The maximum Gasteiger partial charge on any atom is 0.225 e. The molecule has 188 valence electrons. The molecule has 5 rings (SSSR count). The molecular weight excluding hydrogens is 468 g/mol. The van der Waals surface area contributed by atoms with Crippen LogP contribution in [0.1, 0.15) is 47.2 Å². The summed E-state index contributed by atoms with van der Waals surface area (Å²) < 4.78 is 5.40. The molecule has 6 heteroatoms. The highest BCUT2D eigenvalue weighted by Crippen LogP contribution is 2.29. The Hall–Kier alpha value is -2.96. The molecule has 1 amide bonds. The van der Waals surface area contributed by atoms with Crippen molar-refractivity contribution in [3.63, 3.8) is 0 Å². The van der Waals surface area contributed by atoms with Crippen LogP contribution >= 0.6 is 11.3 Å². The van der Waals surface area contributed by atoms with Crippen molar-refractivity contribution < 1.29 is 14.3 Å². The predicted molar refractivity (Wildman–Crippen MR) is 145 cm³/mol. The van der Waals surface area contributed by atoms with Crippen LogP contribution in [-0.4, -0.2) is 42.9 Å². The number of amides is 1. The second kappa shape index (κ2) is 11.4. The van der Waals surface area contributed by atoms with Crippen molar-refractivity contribution in [2.24, 2.45) is 11.8 Å². The number of carbonyl (C=O) groups is 2.